The maximum atomic E-state index is 12.9. The first-order chi connectivity index (χ1) is 13.4. The lowest BCUT2D eigenvalue weighted by Crippen LogP contribution is -2.68. The summed E-state index contributed by atoms with van der Waals surface area (Å²) in [6.45, 7) is 3.01. The van der Waals surface area contributed by atoms with Gasteiger partial charge in [0, 0.05) is 35.5 Å². The summed E-state index contributed by atoms with van der Waals surface area (Å²) < 4.78 is 5.90. The standard InChI is InChI=1S/C22H19ClN2O3/c1-13-17-10-15(14-2-5-16(23)6-3-14)4-7-18(17)28-20(13)21(27)25-11-22(12-25)9-8-19(26)24-22/h2-7,10H,8-9,11-12H2,1H3,(H,24,26). The van der Waals surface area contributed by atoms with Gasteiger partial charge in [0.25, 0.3) is 5.91 Å². The topological polar surface area (TPSA) is 62.6 Å². The van der Waals surface area contributed by atoms with Crippen molar-refractivity contribution in [3.8, 4) is 11.1 Å². The van der Waals surface area contributed by atoms with Crippen molar-refractivity contribution < 1.29 is 14.0 Å². The largest absolute Gasteiger partial charge is 0.451 e. The number of benzene rings is 2. The molecule has 0 bridgehead atoms. The van der Waals surface area contributed by atoms with E-state index in [1.165, 1.54) is 0 Å². The highest BCUT2D eigenvalue weighted by molar-refractivity contribution is 6.30. The number of hydrogen-bond acceptors (Lipinski definition) is 3. The second kappa shape index (κ2) is 6.11. The van der Waals surface area contributed by atoms with E-state index in [-0.39, 0.29) is 17.4 Å². The van der Waals surface area contributed by atoms with Crippen LogP contribution in [-0.2, 0) is 4.79 Å². The van der Waals surface area contributed by atoms with Crippen LogP contribution < -0.4 is 5.32 Å². The molecule has 2 amide bonds. The molecule has 0 atom stereocenters. The molecule has 1 aromatic heterocycles. The average molecular weight is 395 g/mol. The van der Waals surface area contributed by atoms with Gasteiger partial charge in [-0.1, -0.05) is 29.8 Å². The quantitative estimate of drug-likeness (QED) is 0.709. The normalized spacial score (nSPS) is 17.8. The van der Waals surface area contributed by atoms with Crippen molar-refractivity contribution >= 4 is 34.4 Å². The van der Waals surface area contributed by atoms with Gasteiger partial charge in [0.1, 0.15) is 5.58 Å². The first kappa shape index (κ1) is 17.3. The molecule has 5 nitrogen and oxygen atoms in total. The summed E-state index contributed by atoms with van der Waals surface area (Å²) in [6.07, 6.45) is 1.33. The van der Waals surface area contributed by atoms with Crippen molar-refractivity contribution in [3.05, 3.63) is 58.8 Å². The molecule has 3 aromatic rings. The second-order valence-corrected chi connectivity index (χ2v) is 8.20. The molecule has 28 heavy (non-hydrogen) atoms. The minimum absolute atomic E-state index is 0.0711. The van der Waals surface area contributed by atoms with Crippen molar-refractivity contribution in [2.24, 2.45) is 0 Å². The lowest BCUT2D eigenvalue weighted by molar-refractivity contribution is -0.120. The number of rotatable bonds is 2. The molecule has 1 N–H and O–H groups in total. The number of hydrogen-bond donors (Lipinski definition) is 1. The molecular formula is C22H19ClN2O3. The van der Waals surface area contributed by atoms with E-state index in [9.17, 15) is 9.59 Å². The summed E-state index contributed by atoms with van der Waals surface area (Å²) in [4.78, 5) is 26.2. The van der Waals surface area contributed by atoms with Crippen LogP contribution in [0.5, 0.6) is 0 Å². The van der Waals surface area contributed by atoms with Gasteiger partial charge in [-0.25, -0.2) is 0 Å². The highest BCUT2D eigenvalue weighted by Crippen LogP contribution is 2.35. The van der Waals surface area contributed by atoms with Crippen LogP contribution in [0, 0.1) is 6.92 Å². The van der Waals surface area contributed by atoms with Crippen LogP contribution in [-0.4, -0.2) is 35.3 Å². The fourth-order valence-corrected chi connectivity index (χ4v) is 4.36. The minimum Gasteiger partial charge on any atom is -0.451 e. The van der Waals surface area contributed by atoms with Gasteiger partial charge in [-0.15, -0.1) is 0 Å². The lowest BCUT2D eigenvalue weighted by Gasteiger charge is -2.47. The van der Waals surface area contributed by atoms with Gasteiger partial charge in [-0.3, -0.25) is 9.59 Å². The number of nitrogens with zero attached hydrogens (tertiary/aromatic N) is 1. The van der Waals surface area contributed by atoms with Crippen molar-refractivity contribution in [3.63, 3.8) is 0 Å². The number of amides is 2. The molecule has 0 radical (unpaired) electrons. The average Bonchev–Trinajstić information content (AvgIpc) is 3.21. The first-order valence-electron chi connectivity index (χ1n) is 9.34. The predicted molar refractivity (Wildman–Crippen MR) is 107 cm³/mol. The number of halogens is 1. The van der Waals surface area contributed by atoms with Gasteiger partial charge in [-0.2, -0.15) is 0 Å². The first-order valence-corrected chi connectivity index (χ1v) is 9.71. The Morgan fingerprint density at radius 2 is 1.86 bits per heavy atom. The third-order valence-electron chi connectivity index (χ3n) is 5.82. The Morgan fingerprint density at radius 3 is 2.54 bits per heavy atom. The Morgan fingerprint density at radius 1 is 1.14 bits per heavy atom. The maximum Gasteiger partial charge on any atom is 0.290 e. The number of likely N-dealkylation sites (tertiary alicyclic amines) is 1. The van der Waals surface area contributed by atoms with Crippen molar-refractivity contribution in [2.75, 3.05) is 13.1 Å². The van der Waals surface area contributed by atoms with Gasteiger partial charge in [-0.05, 0) is 48.7 Å². The number of furan rings is 1. The summed E-state index contributed by atoms with van der Waals surface area (Å²) in [5, 5.41) is 4.63. The van der Waals surface area contributed by atoms with E-state index in [1.54, 1.807) is 4.90 Å². The zero-order chi connectivity index (χ0) is 19.5. The van der Waals surface area contributed by atoms with Crippen LogP contribution in [0.2, 0.25) is 5.02 Å². The molecular weight excluding hydrogens is 376 g/mol. The van der Waals surface area contributed by atoms with Gasteiger partial charge >= 0.3 is 0 Å². The summed E-state index contributed by atoms with van der Waals surface area (Å²) in [6, 6.07) is 13.6. The smallest absolute Gasteiger partial charge is 0.290 e. The van der Waals surface area contributed by atoms with E-state index < -0.39 is 0 Å². The van der Waals surface area contributed by atoms with Gasteiger partial charge in [0.15, 0.2) is 5.76 Å². The van der Waals surface area contributed by atoms with E-state index >= 15 is 0 Å². The van der Waals surface area contributed by atoms with Crippen LogP contribution in [0.3, 0.4) is 0 Å². The molecule has 2 fully saturated rings. The summed E-state index contributed by atoms with van der Waals surface area (Å²) >= 11 is 5.98. The Bertz CT molecular complexity index is 1110. The molecule has 142 valence electrons. The number of carbonyl (C=O) groups is 2. The number of carbonyl (C=O) groups excluding carboxylic acids is 2. The van der Waals surface area contributed by atoms with E-state index in [0.717, 1.165) is 28.5 Å². The molecule has 2 aromatic carbocycles. The van der Waals surface area contributed by atoms with E-state index in [1.807, 2.05) is 49.4 Å². The number of aryl methyl sites for hydroxylation is 1. The molecule has 0 aliphatic carbocycles. The van der Waals surface area contributed by atoms with Crippen molar-refractivity contribution in [2.45, 2.75) is 25.3 Å². The monoisotopic (exact) mass is 394 g/mol. The van der Waals surface area contributed by atoms with Gasteiger partial charge in [0.2, 0.25) is 5.91 Å². The van der Waals surface area contributed by atoms with E-state index in [0.29, 0.717) is 35.9 Å². The third-order valence-corrected chi connectivity index (χ3v) is 6.07. The van der Waals surface area contributed by atoms with Gasteiger partial charge < -0.3 is 14.6 Å². The summed E-state index contributed by atoms with van der Waals surface area (Å²) in [5.74, 6) is 0.331. The lowest BCUT2D eigenvalue weighted by atomic mass is 9.88. The molecule has 1 spiro atoms. The van der Waals surface area contributed by atoms with Crippen LogP contribution >= 0.6 is 11.6 Å². The SMILES string of the molecule is Cc1c(C(=O)N2CC3(CCC(=O)N3)C2)oc2ccc(-c3ccc(Cl)cc3)cc12. The number of fused-ring (bicyclic) bond motifs is 1. The highest BCUT2D eigenvalue weighted by atomic mass is 35.5. The Hall–Kier alpha value is -2.79. The molecule has 0 unspecified atom stereocenters. The van der Waals surface area contributed by atoms with Crippen LogP contribution in [0.1, 0.15) is 29.0 Å². The van der Waals surface area contributed by atoms with Crippen LogP contribution in [0.4, 0.5) is 0 Å². The fourth-order valence-electron chi connectivity index (χ4n) is 4.23. The molecule has 6 heteroatoms. The molecule has 3 heterocycles. The van der Waals surface area contributed by atoms with Crippen LogP contribution in [0.25, 0.3) is 22.1 Å². The predicted octanol–water partition coefficient (Wildman–Crippen LogP) is 4.17. The van der Waals surface area contributed by atoms with Crippen molar-refractivity contribution in [1.82, 2.24) is 10.2 Å². The molecule has 2 aliphatic rings. The fraction of sp³-hybridized carbons (Fsp3) is 0.273. The molecule has 2 aliphatic heterocycles. The maximum absolute atomic E-state index is 12.9. The Kier molecular flexibility index (Phi) is 3.78. The minimum atomic E-state index is -0.228. The van der Waals surface area contributed by atoms with E-state index in [2.05, 4.69) is 5.32 Å². The zero-order valence-electron chi connectivity index (χ0n) is 15.4. The molecule has 5 rings (SSSR count). The number of nitrogens with one attached hydrogen (secondary N) is 1. The summed E-state index contributed by atoms with van der Waals surface area (Å²) in [5.41, 5.74) is 3.41. The molecule has 0 saturated carbocycles. The molecule has 2 saturated heterocycles. The van der Waals surface area contributed by atoms with Crippen LogP contribution in [0.15, 0.2) is 46.9 Å². The Labute approximate surface area is 167 Å². The Balaban J connectivity index is 1.43. The van der Waals surface area contributed by atoms with E-state index in [4.69, 9.17) is 16.0 Å². The second-order valence-electron chi connectivity index (χ2n) is 7.76. The van der Waals surface area contributed by atoms with Crippen molar-refractivity contribution in [1.29, 1.82) is 0 Å². The van der Waals surface area contributed by atoms with Gasteiger partial charge in [0.05, 0.1) is 5.54 Å². The summed E-state index contributed by atoms with van der Waals surface area (Å²) in [7, 11) is 0. The zero-order valence-corrected chi connectivity index (χ0v) is 16.2. The highest BCUT2D eigenvalue weighted by Gasteiger charge is 2.50. The third kappa shape index (κ3) is 2.69.